The molecular weight excluding hydrogens is 200 g/mol. The van der Waals surface area contributed by atoms with Crippen molar-refractivity contribution in [3.05, 3.63) is 0 Å². The molecule has 0 aromatic rings. The largest absolute Gasteiger partial charge is 0.0696 e. The molecule has 0 saturated heterocycles. The van der Waals surface area contributed by atoms with Gasteiger partial charge in [-0.1, -0.05) is 70.5 Å². The summed E-state index contributed by atoms with van der Waals surface area (Å²) in [6.45, 7) is 12.8. The highest BCUT2D eigenvalue weighted by atomic mass is 28.3. The molecule has 1 rings (SSSR count). The molecule has 0 spiro atoms. The zero-order valence-corrected chi connectivity index (χ0v) is 12.8. The first-order chi connectivity index (χ1) is 6.31. The molecule has 1 aliphatic rings. The van der Waals surface area contributed by atoms with Crippen LogP contribution in [0.1, 0.15) is 25.7 Å². The second-order valence-corrected chi connectivity index (χ2v) is 17.9. The van der Waals surface area contributed by atoms with Gasteiger partial charge in [-0.2, -0.15) is 0 Å². The molecule has 84 valence electrons. The average molecular weight is 229 g/mol. The van der Waals surface area contributed by atoms with Crippen LogP contribution in [0.2, 0.25) is 50.4 Å². The molecule has 0 N–H and O–H groups in total. The third kappa shape index (κ3) is 3.89. The fraction of sp³-hybridized carbons (Fsp3) is 1.00. The molecule has 0 heterocycles. The van der Waals surface area contributed by atoms with Gasteiger partial charge in [0.1, 0.15) is 0 Å². The summed E-state index contributed by atoms with van der Waals surface area (Å²) in [4.78, 5) is 0. The molecular formula is C12H28Si2. The Hall–Kier alpha value is 0.434. The van der Waals surface area contributed by atoms with Crippen LogP contribution < -0.4 is 0 Å². The van der Waals surface area contributed by atoms with Crippen molar-refractivity contribution in [3.63, 3.8) is 0 Å². The Morgan fingerprint density at radius 1 is 0.857 bits per heavy atom. The molecule has 0 aromatic heterocycles. The summed E-state index contributed by atoms with van der Waals surface area (Å²) in [5.74, 6) is 0. The zero-order valence-electron chi connectivity index (χ0n) is 10.8. The van der Waals surface area contributed by atoms with Crippen LogP contribution in [0.5, 0.6) is 0 Å². The van der Waals surface area contributed by atoms with E-state index in [1.165, 1.54) is 18.4 Å². The highest BCUT2D eigenvalue weighted by Crippen LogP contribution is 2.41. The predicted octanol–water partition coefficient (Wildman–Crippen LogP) is 4.98. The van der Waals surface area contributed by atoms with Gasteiger partial charge in [0, 0.05) is 8.07 Å². The standard InChI is InChI=1S/C12H28Si2/c1-13(2,3)10-11-14(4,5)12-8-6-7-9-12/h12H,6-11H2,1-5H3. The first-order valence-electron chi connectivity index (χ1n) is 6.31. The third-order valence-electron chi connectivity index (χ3n) is 3.98. The summed E-state index contributed by atoms with van der Waals surface area (Å²) in [7, 11) is -1.63. The Morgan fingerprint density at radius 2 is 1.36 bits per heavy atom. The van der Waals surface area contributed by atoms with Crippen molar-refractivity contribution in [3.8, 4) is 0 Å². The van der Waals surface area contributed by atoms with E-state index >= 15 is 0 Å². The number of hydrogen-bond donors (Lipinski definition) is 0. The highest BCUT2D eigenvalue weighted by molar-refractivity contribution is 6.82. The molecule has 2 heteroatoms. The van der Waals surface area contributed by atoms with Crippen LogP contribution in [0.3, 0.4) is 0 Å². The van der Waals surface area contributed by atoms with E-state index in [1.54, 1.807) is 24.9 Å². The van der Waals surface area contributed by atoms with Gasteiger partial charge in [0.25, 0.3) is 0 Å². The number of hydrogen-bond acceptors (Lipinski definition) is 0. The van der Waals surface area contributed by atoms with Crippen molar-refractivity contribution in [1.29, 1.82) is 0 Å². The lowest BCUT2D eigenvalue weighted by atomic mass is 10.4. The Bertz CT molecular complexity index is 173. The van der Waals surface area contributed by atoms with Crippen LogP contribution in [-0.2, 0) is 0 Å². The summed E-state index contributed by atoms with van der Waals surface area (Å²) in [6, 6.07) is 3.18. The summed E-state index contributed by atoms with van der Waals surface area (Å²) in [6.07, 6.45) is 6.16. The maximum atomic E-state index is 2.64. The maximum absolute atomic E-state index is 2.64. The molecule has 0 unspecified atom stereocenters. The van der Waals surface area contributed by atoms with Gasteiger partial charge in [-0.25, -0.2) is 0 Å². The van der Waals surface area contributed by atoms with E-state index in [4.69, 9.17) is 0 Å². The van der Waals surface area contributed by atoms with Gasteiger partial charge in [-0.15, -0.1) is 0 Å². The van der Waals surface area contributed by atoms with E-state index in [0.29, 0.717) is 0 Å². The first kappa shape index (κ1) is 12.5. The first-order valence-corrected chi connectivity index (χ1v) is 13.3. The predicted molar refractivity (Wildman–Crippen MR) is 72.7 cm³/mol. The van der Waals surface area contributed by atoms with E-state index in [0.717, 1.165) is 0 Å². The minimum atomic E-state index is -0.845. The molecule has 1 saturated carbocycles. The van der Waals surface area contributed by atoms with Crippen molar-refractivity contribution in [1.82, 2.24) is 0 Å². The summed E-state index contributed by atoms with van der Waals surface area (Å²) in [5, 5.41) is 0. The lowest BCUT2D eigenvalue weighted by Gasteiger charge is -2.32. The van der Waals surface area contributed by atoms with E-state index in [2.05, 4.69) is 32.7 Å². The topological polar surface area (TPSA) is 0 Å². The Labute approximate surface area is 92.5 Å². The van der Waals surface area contributed by atoms with E-state index in [9.17, 15) is 0 Å². The van der Waals surface area contributed by atoms with Crippen molar-refractivity contribution in [2.75, 3.05) is 0 Å². The molecule has 0 radical (unpaired) electrons. The SMILES string of the molecule is C[Si](C)(C)CC[Si](C)(C)C1CCCC1. The highest BCUT2D eigenvalue weighted by Gasteiger charge is 2.34. The number of rotatable bonds is 4. The van der Waals surface area contributed by atoms with E-state index in [-0.39, 0.29) is 0 Å². The second kappa shape index (κ2) is 4.52. The third-order valence-corrected chi connectivity index (χ3v) is 10.6. The van der Waals surface area contributed by atoms with Gasteiger partial charge >= 0.3 is 0 Å². The van der Waals surface area contributed by atoms with Crippen molar-refractivity contribution >= 4 is 16.1 Å². The van der Waals surface area contributed by atoms with Gasteiger partial charge in [-0.05, 0) is 5.54 Å². The summed E-state index contributed by atoms with van der Waals surface area (Å²) in [5.41, 5.74) is 1.17. The summed E-state index contributed by atoms with van der Waals surface area (Å²) >= 11 is 0. The van der Waals surface area contributed by atoms with E-state index in [1.807, 2.05) is 0 Å². The van der Waals surface area contributed by atoms with Gasteiger partial charge in [0.15, 0.2) is 0 Å². The molecule has 0 nitrogen and oxygen atoms in total. The Kier molecular flexibility index (Phi) is 4.04. The van der Waals surface area contributed by atoms with Crippen molar-refractivity contribution < 1.29 is 0 Å². The molecule has 0 atom stereocenters. The van der Waals surface area contributed by atoms with Gasteiger partial charge in [0.2, 0.25) is 0 Å². The molecule has 0 aromatic carbocycles. The minimum Gasteiger partial charge on any atom is -0.0696 e. The average Bonchev–Trinajstić information content (AvgIpc) is 2.52. The molecule has 14 heavy (non-hydrogen) atoms. The molecule has 1 aliphatic carbocycles. The lowest BCUT2D eigenvalue weighted by molar-refractivity contribution is 0.828. The zero-order chi connectivity index (χ0) is 10.8. The quantitative estimate of drug-likeness (QED) is 0.596. The fourth-order valence-electron chi connectivity index (χ4n) is 2.61. The maximum Gasteiger partial charge on any atom is 0.0502 e. The van der Waals surface area contributed by atoms with Crippen LogP contribution in [-0.4, -0.2) is 16.1 Å². The van der Waals surface area contributed by atoms with Crippen LogP contribution in [0.4, 0.5) is 0 Å². The molecule has 1 fully saturated rings. The van der Waals surface area contributed by atoms with Crippen molar-refractivity contribution in [2.45, 2.75) is 76.0 Å². The van der Waals surface area contributed by atoms with Gasteiger partial charge in [0.05, 0.1) is 8.07 Å². The monoisotopic (exact) mass is 228 g/mol. The molecule has 0 bridgehead atoms. The van der Waals surface area contributed by atoms with Gasteiger partial charge < -0.3 is 0 Å². The van der Waals surface area contributed by atoms with Crippen LogP contribution >= 0.6 is 0 Å². The lowest BCUT2D eigenvalue weighted by Crippen LogP contribution is -2.34. The normalized spacial score (nSPS) is 20.4. The van der Waals surface area contributed by atoms with Crippen LogP contribution in [0, 0.1) is 0 Å². The van der Waals surface area contributed by atoms with Crippen molar-refractivity contribution in [2.24, 2.45) is 0 Å². The molecule has 0 aliphatic heterocycles. The van der Waals surface area contributed by atoms with Crippen LogP contribution in [0.15, 0.2) is 0 Å². The summed E-state index contributed by atoms with van der Waals surface area (Å²) < 4.78 is 0. The fourth-order valence-corrected chi connectivity index (χ4v) is 10.6. The molecule has 0 amide bonds. The Morgan fingerprint density at radius 3 is 1.79 bits per heavy atom. The van der Waals surface area contributed by atoms with Crippen LogP contribution in [0.25, 0.3) is 0 Å². The minimum absolute atomic E-state index is 0.783. The Balaban J connectivity index is 2.40. The van der Waals surface area contributed by atoms with E-state index < -0.39 is 16.1 Å². The second-order valence-electron chi connectivity index (χ2n) is 7.03. The van der Waals surface area contributed by atoms with Gasteiger partial charge in [-0.3, -0.25) is 0 Å². The smallest absolute Gasteiger partial charge is 0.0502 e.